The lowest BCUT2D eigenvalue weighted by Gasteiger charge is -2.30. The molecular formula is C16H28N4O. The summed E-state index contributed by atoms with van der Waals surface area (Å²) in [6.45, 7) is 3.31. The number of aryl methyl sites for hydroxylation is 1. The Kier molecular flexibility index (Phi) is 4.91. The van der Waals surface area contributed by atoms with Crippen molar-refractivity contribution in [2.75, 3.05) is 7.11 Å². The van der Waals surface area contributed by atoms with Crippen LogP contribution in [0.4, 0.5) is 0 Å². The van der Waals surface area contributed by atoms with Gasteiger partial charge in [-0.25, -0.2) is 0 Å². The van der Waals surface area contributed by atoms with E-state index in [1.165, 1.54) is 50.8 Å². The van der Waals surface area contributed by atoms with Crippen molar-refractivity contribution in [1.29, 1.82) is 0 Å². The standard InChI is InChI=1S/C16H28N4O/c1-12(17-13-7-9-14(21-2)10-8-13)16-19-18-15-6-4-3-5-11-20(15)16/h12-14,17H,3-11H2,1-2H3. The highest BCUT2D eigenvalue weighted by Crippen LogP contribution is 2.24. The predicted octanol–water partition coefficient (Wildman–Crippen LogP) is 2.61. The second-order valence-electron chi connectivity index (χ2n) is 6.53. The van der Waals surface area contributed by atoms with Gasteiger partial charge in [-0.15, -0.1) is 10.2 Å². The molecule has 1 aliphatic carbocycles. The van der Waals surface area contributed by atoms with E-state index in [0.29, 0.717) is 12.1 Å². The molecule has 1 aliphatic heterocycles. The van der Waals surface area contributed by atoms with Crippen LogP contribution in [0.1, 0.15) is 69.6 Å². The summed E-state index contributed by atoms with van der Waals surface area (Å²) < 4.78 is 7.80. The fourth-order valence-corrected chi connectivity index (χ4v) is 3.72. The summed E-state index contributed by atoms with van der Waals surface area (Å²) in [4.78, 5) is 0. The molecule has 2 aliphatic rings. The van der Waals surface area contributed by atoms with Crippen LogP contribution in [-0.2, 0) is 17.7 Å². The van der Waals surface area contributed by atoms with Gasteiger partial charge in [0.05, 0.1) is 12.1 Å². The molecule has 0 bridgehead atoms. The molecule has 2 heterocycles. The number of fused-ring (bicyclic) bond motifs is 1. The van der Waals surface area contributed by atoms with Crippen molar-refractivity contribution < 1.29 is 4.74 Å². The van der Waals surface area contributed by atoms with E-state index in [4.69, 9.17) is 4.74 Å². The molecule has 0 saturated heterocycles. The molecule has 0 aromatic carbocycles. The lowest BCUT2D eigenvalue weighted by atomic mass is 9.92. The van der Waals surface area contributed by atoms with Crippen molar-refractivity contribution in [1.82, 2.24) is 20.1 Å². The molecule has 1 saturated carbocycles. The van der Waals surface area contributed by atoms with Gasteiger partial charge in [0.2, 0.25) is 0 Å². The Morgan fingerprint density at radius 3 is 2.71 bits per heavy atom. The third kappa shape index (κ3) is 3.46. The van der Waals surface area contributed by atoms with Gasteiger partial charge in [0.25, 0.3) is 0 Å². The van der Waals surface area contributed by atoms with Gasteiger partial charge in [-0.1, -0.05) is 6.42 Å². The first kappa shape index (κ1) is 15.0. The van der Waals surface area contributed by atoms with E-state index >= 15 is 0 Å². The second-order valence-corrected chi connectivity index (χ2v) is 6.53. The van der Waals surface area contributed by atoms with Gasteiger partial charge < -0.3 is 14.6 Å². The van der Waals surface area contributed by atoms with Crippen LogP contribution < -0.4 is 5.32 Å². The topological polar surface area (TPSA) is 52.0 Å². The molecule has 1 aromatic heterocycles. The largest absolute Gasteiger partial charge is 0.381 e. The highest BCUT2D eigenvalue weighted by atomic mass is 16.5. The van der Waals surface area contributed by atoms with Crippen molar-refractivity contribution in [2.24, 2.45) is 0 Å². The van der Waals surface area contributed by atoms with Crippen LogP contribution in [0.5, 0.6) is 0 Å². The predicted molar refractivity (Wildman–Crippen MR) is 82.2 cm³/mol. The van der Waals surface area contributed by atoms with Crippen molar-refractivity contribution in [2.45, 2.75) is 83.0 Å². The normalized spacial score (nSPS) is 27.9. The molecule has 1 fully saturated rings. The molecule has 3 rings (SSSR count). The minimum absolute atomic E-state index is 0.286. The summed E-state index contributed by atoms with van der Waals surface area (Å²) in [5, 5.41) is 12.6. The van der Waals surface area contributed by atoms with E-state index in [1.807, 2.05) is 7.11 Å². The van der Waals surface area contributed by atoms with Crippen LogP contribution in [0, 0.1) is 0 Å². The number of nitrogens with zero attached hydrogens (tertiary/aromatic N) is 3. The van der Waals surface area contributed by atoms with Crippen molar-refractivity contribution in [3.63, 3.8) is 0 Å². The van der Waals surface area contributed by atoms with Crippen molar-refractivity contribution in [3.8, 4) is 0 Å². The van der Waals surface area contributed by atoms with Gasteiger partial charge >= 0.3 is 0 Å². The average molecular weight is 292 g/mol. The molecule has 1 unspecified atom stereocenters. The highest BCUT2D eigenvalue weighted by molar-refractivity contribution is 5.02. The number of ether oxygens (including phenoxy) is 1. The smallest absolute Gasteiger partial charge is 0.149 e. The highest BCUT2D eigenvalue weighted by Gasteiger charge is 2.25. The maximum atomic E-state index is 5.45. The Labute approximate surface area is 127 Å². The van der Waals surface area contributed by atoms with Crippen LogP contribution in [0.25, 0.3) is 0 Å². The summed E-state index contributed by atoms with van der Waals surface area (Å²) >= 11 is 0. The number of aromatic nitrogens is 3. The Morgan fingerprint density at radius 1 is 1.14 bits per heavy atom. The minimum Gasteiger partial charge on any atom is -0.381 e. The quantitative estimate of drug-likeness (QED) is 0.927. The molecule has 1 atom stereocenters. The van der Waals surface area contributed by atoms with Gasteiger partial charge in [0.15, 0.2) is 0 Å². The number of nitrogens with one attached hydrogen (secondary N) is 1. The van der Waals surface area contributed by atoms with Gasteiger partial charge in [-0.05, 0) is 45.4 Å². The molecule has 1 N–H and O–H groups in total. The zero-order chi connectivity index (χ0) is 14.7. The summed E-state index contributed by atoms with van der Waals surface area (Å²) in [6, 6.07) is 0.874. The van der Waals surface area contributed by atoms with Crippen LogP contribution >= 0.6 is 0 Å². The zero-order valence-electron chi connectivity index (χ0n) is 13.3. The molecule has 5 nitrogen and oxygen atoms in total. The lowest BCUT2D eigenvalue weighted by molar-refractivity contribution is 0.0612. The molecule has 0 amide bonds. The average Bonchev–Trinajstić information content (AvgIpc) is 2.77. The fourth-order valence-electron chi connectivity index (χ4n) is 3.72. The Bertz CT molecular complexity index is 451. The monoisotopic (exact) mass is 292 g/mol. The van der Waals surface area contributed by atoms with Crippen molar-refractivity contribution in [3.05, 3.63) is 11.6 Å². The molecular weight excluding hydrogens is 264 g/mol. The van der Waals surface area contributed by atoms with E-state index in [-0.39, 0.29) is 6.04 Å². The van der Waals surface area contributed by atoms with Crippen LogP contribution in [0.2, 0.25) is 0 Å². The summed E-state index contributed by atoms with van der Waals surface area (Å²) in [7, 11) is 1.83. The first-order valence-electron chi connectivity index (χ1n) is 8.48. The van der Waals surface area contributed by atoms with E-state index in [1.54, 1.807) is 0 Å². The van der Waals surface area contributed by atoms with Crippen LogP contribution in [0.3, 0.4) is 0 Å². The number of methoxy groups -OCH3 is 1. The maximum Gasteiger partial charge on any atom is 0.149 e. The Balaban J connectivity index is 1.61. The molecule has 0 spiro atoms. The first-order chi connectivity index (χ1) is 10.3. The van der Waals surface area contributed by atoms with Gasteiger partial charge in [-0.3, -0.25) is 0 Å². The summed E-state index contributed by atoms with van der Waals surface area (Å²) in [6.07, 6.45) is 10.1. The number of rotatable bonds is 4. The molecule has 118 valence electrons. The maximum absolute atomic E-state index is 5.45. The van der Waals surface area contributed by atoms with E-state index in [2.05, 4.69) is 27.0 Å². The van der Waals surface area contributed by atoms with Gasteiger partial charge in [-0.2, -0.15) is 0 Å². The third-order valence-corrected chi connectivity index (χ3v) is 5.02. The van der Waals surface area contributed by atoms with Crippen molar-refractivity contribution >= 4 is 0 Å². The minimum atomic E-state index is 0.286. The number of hydrogen-bond donors (Lipinski definition) is 1. The number of hydrogen-bond acceptors (Lipinski definition) is 4. The third-order valence-electron chi connectivity index (χ3n) is 5.02. The molecule has 5 heteroatoms. The van der Waals surface area contributed by atoms with E-state index in [0.717, 1.165) is 18.8 Å². The first-order valence-corrected chi connectivity index (χ1v) is 8.48. The van der Waals surface area contributed by atoms with Gasteiger partial charge in [0.1, 0.15) is 11.6 Å². The molecule has 21 heavy (non-hydrogen) atoms. The zero-order valence-corrected chi connectivity index (χ0v) is 13.3. The summed E-state index contributed by atoms with van der Waals surface area (Å²) in [5.41, 5.74) is 0. The Hall–Kier alpha value is -0.940. The lowest BCUT2D eigenvalue weighted by Crippen LogP contribution is -2.37. The van der Waals surface area contributed by atoms with E-state index in [9.17, 15) is 0 Å². The van der Waals surface area contributed by atoms with Gasteiger partial charge in [0, 0.05) is 26.1 Å². The molecule has 0 radical (unpaired) electrons. The van der Waals surface area contributed by atoms with Crippen LogP contribution in [0.15, 0.2) is 0 Å². The summed E-state index contributed by atoms with van der Waals surface area (Å²) in [5.74, 6) is 2.31. The van der Waals surface area contributed by atoms with Crippen LogP contribution in [-0.4, -0.2) is 34.0 Å². The fraction of sp³-hybridized carbons (Fsp3) is 0.875. The second kappa shape index (κ2) is 6.88. The van der Waals surface area contributed by atoms with E-state index < -0.39 is 0 Å². The molecule has 1 aromatic rings. The Morgan fingerprint density at radius 2 is 1.95 bits per heavy atom. The SMILES string of the molecule is COC1CCC(NC(C)c2nnc3n2CCCCC3)CC1.